The molecule has 5 nitrogen and oxygen atoms in total. The maximum atomic E-state index is 12.2. The van der Waals surface area contributed by atoms with Crippen molar-refractivity contribution in [3.05, 3.63) is 0 Å². The monoisotopic (exact) mass is 270 g/mol. The molecule has 0 bridgehead atoms. The zero-order chi connectivity index (χ0) is 14.5. The number of hydrogen-bond donors (Lipinski definition) is 2. The standard InChI is InChI=1S/C14H26N2O3/c1-11(2)15-10-12(17)16(3)14(9-13(18)19)7-5-4-6-8-14/h11,15H,4-10H2,1-3H3,(H,18,19). The lowest BCUT2D eigenvalue weighted by molar-refractivity contribution is -0.145. The summed E-state index contributed by atoms with van der Waals surface area (Å²) in [7, 11) is 1.75. The summed E-state index contributed by atoms with van der Waals surface area (Å²) in [6.45, 7) is 4.25. The van der Waals surface area contributed by atoms with Gasteiger partial charge in [-0.25, -0.2) is 0 Å². The largest absolute Gasteiger partial charge is 0.481 e. The Kier molecular flexibility index (Phi) is 5.79. The first-order valence-electron chi connectivity index (χ1n) is 7.09. The Hall–Kier alpha value is -1.10. The highest BCUT2D eigenvalue weighted by Crippen LogP contribution is 2.35. The molecule has 2 N–H and O–H groups in total. The van der Waals surface area contributed by atoms with Gasteiger partial charge < -0.3 is 15.3 Å². The Morgan fingerprint density at radius 2 is 1.84 bits per heavy atom. The van der Waals surface area contributed by atoms with Crippen LogP contribution in [0.1, 0.15) is 52.4 Å². The van der Waals surface area contributed by atoms with Crippen molar-refractivity contribution in [2.24, 2.45) is 0 Å². The SMILES string of the molecule is CC(C)NCC(=O)N(C)C1(CC(=O)O)CCCCC1. The number of amides is 1. The summed E-state index contributed by atoms with van der Waals surface area (Å²) >= 11 is 0. The molecule has 0 unspecified atom stereocenters. The van der Waals surface area contributed by atoms with Gasteiger partial charge in [0.2, 0.25) is 5.91 Å². The van der Waals surface area contributed by atoms with E-state index in [0.717, 1.165) is 32.1 Å². The fourth-order valence-electron chi connectivity index (χ4n) is 2.80. The van der Waals surface area contributed by atoms with Gasteiger partial charge in [-0.05, 0) is 12.8 Å². The van der Waals surface area contributed by atoms with E-state index in [4.69, 9.17) is 5.11 Å². The van der Waals surface area contributed by atoms with Crippen LogP contribution in [-0.4, -0.2) is 47.1 Å². The van der Waals surface area contributed by atoms with Gasteiger partial charge in [-0.1, -0.05) is 33.1 Å². The van der Waals surface area contributed by atoms with Crippen molar-refractivity contribution in [2.45, 2.75) is 64.0 Å². The summed E-state index contributed by atoms with van der Waals surface area (Å²) < 4.78 is 0. The van der Waals surface area contributed by atoms with Crippen LogP contribution in [0.5, 0.6) is 0 Å². The molecule has 1 amide bonds. The smallest absolute Gasteiger partial charge is 0.305 e. The van der Waals surface area contributed by atoms with Gasteiger partial charge in [0.1, 0.15) is 0 Å². The van der Waals surface area contributed by atoms with Crippen molar-refractivity contribution < 1.29 is 14.7 Å². The van der Waals surface area contributed by atoms with E-state index in [0.29, 0.717) is 0 Å². The van der Waals surface area contributed by atoms with E-state index in [9.17, 15) is 9.59 Å². The highest BCUT2D eigenvalue weighted by Gasteiger charge is 2.40. The fourth-order valence-corrected chi connectivity index (χ4v) is 2.80. The van der Waals surface area contributed by atoms with Crippen molar-refractivity contribution in [3.63, 3.8) is 0 Å². The third kappa shape index (κ3) is 4.49. The van der Waals surface area contributed by atoms with Gasteiger partial charge >= 0.3 is 5.97 Å². The Morgan fingerprint density at radius 1 is 1.26 bits per heavy atom. The number of carboxylic acid groups (broad SMARTS) is 1. The highest BCUT2D eigenvalue weighted by molar-refractivity contribution is 5.80. The van der Waals surface area contributed by atoms with Gasteiger partial charge in [-0.15, -0.1) is 0 Å². The molecule has 1 saturated carbocycles. The summed E-state index contributed by atoms with van der Waals surface area (Å²) in [5, 5.41) is 12.2. The first-order chi connectivity index (χ1) is 8.87. The Labute approximate surface area is 115 Å². The van der Waals surface area contributed by atoms with Gasteiger partial charge in [0.25, 0.3) is 0 Å². The summed E-state index contributed by atoms with van der Waals surface area (Å²) in [4.78, 5) is 25.0. The van der Waals surface area contributed by atoms with E-state index in [1.165, 1.54) is 0 Å². The maximum Gasteiger partial charge on any atom is 0.305 e. The molecule has 19 heavy (non-hydrogen) atoms. The number of nitrogens with zero attached hydrogens (tertiary/aromatic N) is 1. The number of aliphatic carboxylic acids is 1. The minimum Gasteiger partial charge on any atom is -0.481 e. The molecule has 1 aliphatic carbocycles. The summed E-state index contributed by atoms with van der Waals surface area (Å²) in [5.74, 6) is -0.838. The van der Waals surface area contributed by atoms with Gasteiger partial charge in [0.15, 0.2) is 0 Å². The van der Waals surface area contributed by atoms with E-state index in [-0.39, 0.29) is 24.9 Å². The number of carbonyl (C=O) groups excluding carboxylic acids is 1. The van der Waals surface area contributed by atoms with Gasteiger partial charge in [-0.2, -0.15) is 0 Å². The zero-order valence-corrected chi connectivity index (χ0v) is 12.2. The van der Waals surface area contributed by atoms with Crippen molar-refractivity contribution in [1.29, 1.82) is 0 Å². The molecule has 0 aromatic heterocycles. The van der Waals surface area contributed by atoms with E-state index in [1.54, 1.807) is 11.9 Å². The summed E-state index contributed by atoms with van der Waals surface area (Å²) in [5.41, 5.74) is -0.486. The van der Waals surface area contributed by atoms with Crippen molar-refractivity contribution in [3.8, 4) is 0 Å². The van der Waals surface area contributed by atoms with Gasteiger partial charge in [0, 0.05) is 13.1 Å². The van der Waals surface area contributed by atoms with Crippen molar-refractivity contribution in [1.82, 2.24) is 10.2 Å². The molecule has 0 spiro atoms. The van der Waals surface area contributed by atoms with Crippen LogP contribution in [0.2, 0.25) is 0 Å². The molecule has 0 saturated heterocycles. The fraction of sp³-hybridized carbons (Fsp3) is 0.857. The molecule has 1 rings (SSSR count). The van der Waals surface area contributed by atoms with Gasteiger partial charge in [0.05, 0.1) is 18.5 Å². The number of carboxylic acids is 1. The minimum atomic E-state index is -0.821. The Morgan fingerprint density at radius 3 is 2.32 bits per heavy atom. The third-order valence-electron chi connectivity index (χ3n) is 4.01. The van der Waals surface area contributed by atoms with E-state index < -0.39 is 11.5 Å². The minimum absolute atomic E-state index is 0.0168. The van der Waals surface area contributed by atoms with Crippen LogP contribution in [0.3, 0.4) is 0 Å². The molecule has 5 heteroatoms. The molecule has 1 aliphatic rings. The van der Waals surface area contributed by atoms with Crippen LogP contribution in [0, 0.1) is 0 Å². The Balaban J connectivity index is 2.73. The lowest BCUT2D eigenvalue weighted by Crippen LogP contribution is -2.54. The van der Waals surface area contributed by atoms with E-state index in [1.807, 2.05) is 13.8 Å². The second-order valence-corrected chi connectivity index (χ2v) is 5.84. The lowest BCUT2D eigenvalue weighted by atomic mass is 9.78. The predicted molar refractivity (Wildman–Crippen MR) is 74.0 cm³/mol. The molecule has 0 aromatic rings. The summed E-state index contributed by atoms with van der Waals surface area (Å²) in [6.07, 6.45) is 4.78. The zero-order valence-electron chi connectivity index (χ0n) is 12.2. The number of carbonyl (C=O) groups is 2. The normalized spacial score (nSPS) is 18.3. The number of rotatable bonds is 6. The van der Waals surface area contributed by atoms with Crippen molar-refractivity contribution >= 4 is 11.9 Å². The van der Waals surface area contributed by atoms with Crippen LogP contribution < -0.4 is 5.32 Å². The molecule has 1 fully saturated rings. The quantitative estimate of drug-likeness (QED) is 0.769. The number of likely N-dealkylation sites (N-methyl/N-ethyl adjacent to an activating group) is 1. The molecule has 0 radical (unpaired) electrons. The predicted octanol–water partition coefficient (Wildman–Crippen LogP) is 1.62. The first kappa shape index (κ1) is 16.0. The lowest BCUT2D eigenvalue weighted by Gasteiger charge is -2.44. The Bertz CT molecular complexity index is 323. The molecule has 0 heterocycles. The second kappa shape index (κ2) is 6.89. The average molecular weight is 270 g/mol. The molecule has 0 aliphatic heterocycles. The van der Waals surface area contributed by atoms with Crippen LogP contribution in [-0.2, 0) is 9.59 Å². The van der Waals surface area contributed by atoms with Gasteiger partial charge in [-0.3, -0.25) is 9.59 Å². The van der Waals surface area contributed by atoms with Crippen molar-refractivity contribution in [2.75, 3.05) is 13.6 Å². The number of hydrogen-bond acceptors (Lipinski definition) is 3. The highest BCUT2D eigenvalue weighted by atomic mass is 16.4. The molecule has 110 valence electrons. The third-order valence-corrected chi connectivity index (χ3v) is 4.01. The van der Waals surface area contributed by atoms with E-state index >= 15 is 0 Å². The topological polar surface area (TPSA) is 69.6 Å². The maximum absolute atomic E-state index is 12.2. The molecule has 0 aromatic carbocycles. The van der Waals surface area contributed by atoms with Crippen LogP contribution in [0.4, 0.5) is 0 Å². The second-order valence-electron chi connectivity index (χ2n) is 5.84. The average Bonchev–Trinajstić information content (AvgIpc) is 2.35. The van der Waals surface area contributed by atoms with Crippen LogP contribution in [0.25, 0.3) is 0 Å². The molecular weight excluding hydrogens is 244 g/mol. The summed E-state index contributed by atoms with van der Waals surface area (Å²) in [6, 6.07) is 0.249. The first-order valence-corrected chi connectivity index (χ1v) is 7.09. The molecule has 0 atom stereocenters. The molecular formula is C14H26N2O3. The van der Waals surface area contributed by atoms with Crippen LogP contribution >= 0.6 is 0 Å². The van der Waals surface area contributed by atoms with E-state index in [2.05, 4.69) is 5.32 Å². The number of nitrogens with one attached hydrogen (secondary N) is 1. The van der Waals surface area contributed by atoms with Crippen LogP contribution in [0.15, 0.2) is 0 Å².